The van der Waals surface area contributed by atoms with Crippen LogP contribution in [-0.4, -0.2) is 30.1 Å². The van der Waals surface area contributed by atoms with Gasteiger partial charge in [0.25, 0.3) is 0 Å². The van der Waals surface area contributed by atoms with Crippen molar-refractivity contribution < 1.29 is 19.1 Å². The molecule has 5 heteroatoms. The van der Waals surface area contributed by atoms with Crippen LogP contribution in [0.3, 0.4) is 0 Å². The molecule has 0 aliphatic carbocycles. The summed E-state index contributed by atoms with van der Waals surface area (Å²) in [5.41, 5.74) is 0.663. The van der Waals surface area contributed by atoms with Gasteiger partial charge in [-0.25, -0.2) is 0 Å². The Morgan fingerprint density at radius 3 is 2.53 bits per heavy atom. The van der Waals surface area contributed by atoms with Crippen molar-refractivity contribution in [1.29, 1.82) is 0 Å². The Labute approximate surface area is 100 Å². The van der Waals surface area contributed by atoms with E-state index >= 15 is 0 Å². The monoisotopic (exact) mass is 239 g/mol. The van der Waals surface area contributed by atoms with Crippen LogP contribution in [-0.2, 0) is 19.1 Å². The van der Waals surface area contributed by atoms with Crippen molar-refractivity contribution in [1.82, 2.24) is 4.98 Å². The van der Waals surface area contributed by atoms with Crippen LogP contribution in [0.2, 0.25) is 0 Å². The molecule has 1 rings (SSSR count). The van der Waals surface area contributed by atoms with E-state index in [0.717, 1.165) is 0 Å². The van der Waals surface area contributed by atoms with E-state index < -0.39 is 17.9 Å². The second-order valence-electron chi connectivity index (χ2n) is 3.44. The number of aromatic nitrogens is 1. The van der Waals surface area contributed by atoms with Gasteiger partial charge in [-0.3, -0.25) is 9.59 Å². The number of hydrogen-bond acceptors (Lipinski definition) is 4. The number of hydrogen-bond donors (Lipinski definition) is 1. The minimum atomic E-state index is -0.621. The second-order valence-corrected chi connectivity index (χ2v) is 3.44. The molecular weight excluding hydrogens is 222 g/mol. The first-order valence-corrected chi connectivity index (χ1v) is 5.64. The van der Waals surface area contributed by atoms with Crippen molar-refractivity contribution in [2.24, 2.45) is 0 Å². The molecule has 0 bridgehead atoms. The maximum atomic E-state index is 11.7. The smallest absolute Gasteiger partial charge is 0.315 e. The van der Waals surface area contributed by atoms with E-state index in [1.807, 2.05) is 0 Å². The minimum Gasteiger partial charge on any atom is -0.466 e. The maximum Gasteiger partial charge on any atom is 0.315 e. The van der Waals surface area contributed by atoms with Crippen LogP contribution in [0.5, 0.6) is 0 Å². The van der Waals surface area contributed by atoms with Gasteiger partial charge in [-0.2, -0.15) is 0 Å². The van der Waals surface area contributed by atoms with E-state index in [2.05, 4.69) is 4.98 Å². The number of aromatic amines is 1. The first kappa shape index (κ1) is 13.3. The fourth-order valence-corrected chi connectivity index (χ4v) is 1.51. The average Bonchev–Trinajstić information content (AvgIpc) is 2.79. The molecule has 5 nitrogen and oxygen atoms in total. The van der Waals surface area contributed by atoms with Gasteiger partial charge < -0.3 is 14.5 Å². The third-order valence-electron chi connectivity index (χ3n) is 2.24. The first-order chi connectivity index (χ1) is 8.19. The third kappa shape index (κ3) is 3.94. The van der Waals surface area contributed by atoms with Gasteiger partial charge in [0.15, 0.2) is 0 Å². The summed E-state index contributed by atoms with van der Waals surface area (Å²) >= 11 is 0. The number of ether oxygens (including phenoxy) is 2. The van der Waals surface area contributed by atoms with Crippen molar-refractivity contribution in [3.05, 3.63) is 24.0 Å². The fourth-order valence-electron chi connectivity index (χ4n) is 1.51. The van der Waals surface area contributed by atoms with Crippen LogP contribution in [0, 0.1) is 0 Å². The highest BCUT2D eigenvalue weighted by atomic mass is 16.5. The SMILES string of the molecule is CCOC(=O)CC(C(=O)OCC)c1ccc[nH]1. The van der Waals surface area contributed by atoms with Crippen LogP contribution in [0.4, 0.5) is 0 Å². The van der Waals surface area contributed by atoms with Crippen molar-refractivity contribution >= 4 is 11.9 Å². The van der Waals surface area contributed by atoms with Crippen LogP contribution < -0.4 is 0 Å². The van der Waals surface area contributed by atoms with Crippen molar-refractivity contribution in [3.8, 4) is 0 Å². The zero-order valence-electron chi connectivity index (χ0n) is 10.1. The van der Waals surface area contributed by atoms with E-state index in [1.54, 1.807) is 32.2 Å². The zero-order valence-corrected chi connectivity index (χ0v) is 10.1. The third-order valence-corrected chi connectivity index (χ3v) is 2.24. The van der Waals surface area contributed by atoms with E-state index in [0.29, 0.717) is 18.9 Å². The van der Waals surface area contributed by atoms with Crippen LogP contribution in [0.25, 0.3) is 0 Å². The number of H-pyrrole nitrogens is 1. The van der Waals surface area contributed by atoms with Gasteiger partial charge >= 0.3 is 11.9 Å². The lowest BCUT2D eigenvalue weighted by molar-refractivity contribution is -0.151. The molecule has 0 spiro atoms. The molecule has 0 aliphatic rings. The van der Waals surface area contributed by atoms with Crippen molar-refractivity contribution in [3.63, 3.8) is 0 Å². The Balaban J connectivity index is 2.73. The number of nitrogens with one attached hydrogen (secondary N) is 1. The Bertz CT molecular complexity index is 359. The summed E-state index contributed by atoms with van der Waals surface area (Å²) in [5.74, 6) is -1.44. The molecular formula is C12H17NO4. The molecule has 1 unspecified atom stereocenters. The lowest BCUT2D eigenvalue weighted by atomic mass is 10.0. The normalized spacial score (nSPS) is 11.9. The molecule has 1 aromatic rings. The summed E-state index contributed by atoms with van der Waals surface area (Å²) in [6.45, 7) is 4.05. The van der Waals surface area contributed by atoms with E-state index in [9.17, 15) is 9.59 Å². The predicted molar refractivity (Wildman–Crippen MR) is 61.4 cm³/mol. The molecule has 0 saturated carbocycles. The van der Waals surface area contributed by atoms with Gasteiger partial charge in [0.2, 0.25) is 0 Å². The van der Waals surface area contributed by atoms with Gasteiger partial charge in [-0.15, -0.1) is 0 Å². The second kappa shape index (κ2) is 6.73. The number of esters is 2. The predicted octanol–water partition coefficient (Wildman–Crippen LogP) is 1.61. The number of carbonyl (C=O) groups excluding carboxylic acids is 2. The molecule has 0 fully saturated rings. The molecule has 0 saturated heterocycles. The van der Waals surface area contributed by atoms with Crippen molar-refractivity contribution in [2.45, 2.75) is 26.2 Å². The highest BCUT2D eigenvalue weighted by Crippen LogP contribution is 2.20. The van der Waals surface area contributed by atoms with Crippen LogP contribution >= 0.6 is 0 Å². The zero-order chi connectivity index (χ0) is 12.7. The molecule has 1 heterocycles. The molecule has 1 aromatic heterocycles. The van der Waals surface area contributed by atoms with Gasteiger partial charge in [-0.1, -0.05) is 0 Å². The molecule has 94 valence electrons. The number of carbonyl (C=O) groups is 2. The lowest BCUT2D eigenvalue weighted by Gasteiger charge is -2.13. The summed E-state index contributed by atoms with van der Waals surface area (Å²) in [4.78, 5) is 26.1. The summed E-state index contributed by atoms with van der Waals surface area (Å²) in [6, 6.07) is 3.52. The average molecular weight is 239 g/mol. The van der Waals surface area contributed by atoms with Crippen LogP contribution in [0.1, 0.15) is 31.9 Å². The number of rotatable bonds is 6. The molecule has 1 N–H and O–H groups in total. The van der Waals surface area contributed by atoms with E-state index in [-0.39, 0.29) is 6.42 Å². The fraction of sp³-hybridized carbons (Fsp3) is 0.500. The minimum absolute atomic E-state index is 0.00676. The van der Waals surface area contributed by atoms with Gasteiger partial charge in [0.1, 0.15) is 5.92 Å². The molecule has 0 radical (unpaired) electrons. The quantitative estimate of drug-likeness (QED) is 0.766. The summed E-state index contributed by atoms with van der Waals surface area (Å²) in [6.07, 6.45) is 1.69. The molecule has 0 aliphatic heterocycles. The van der Waals surface area contributed by atoms with Crippen LogP contribution in [0.15, 0.2) is 18.3 Å². The summed E-state index contributed by atoms with van der Waals surface area (Å²) < 4.78 is 9.78. The first-order valence-electron chi connectivity index (χ1n) is 5.64. The largest absolute Gasteiger partial charge is 0.466 e. The maximum absolute atomic E-state index is 11.7. The molecule has 0 aromatic carbocycles. The highest BCUT2D eigenvalue weighted by molar-refractivity contribution is 5.84. The van der Waals surface area contributed by atoms with E-state index in [1.165, 1.54) is 0 Å². The summed E-state index contributed by atoms with van der Waals surface area (Å²) in [5, 5.41) is 0. The van der Waals surface area contributed by atoms with Crippen molar-refractivity contribution in [2.75, 3.05) is 13.2 Å². The molecule has 17 heavy (non-hydrogen) atoms. The Morgan fingerprint density at radius 2 is 2.00 bits per heavy atom. The lowest BCUT2D eigenvalue weighted by Crippen LogP contribution is -2.20. The summed E-state index contributed by atoms with van der Waals surface area (Å²) in [7, 11) is 0. The van der Waals surface area contributed by atoms with Gasteiger partial charge in [-0.05, 0) is 26.0 Å². The Hall–Kier alpha value is -1.78. The van der Waals surface area contributed by atoms with Gasteiger partial charge in [0.05, 0.1) is 19.6 Å². The standard InChI is InChI=1S/C12H17NO4/c1-3-16-11(14)8-9(12(15)17-4-2)10-6-5-7-13-10/h5-7,9,13H,3-4,8H2,1-2H3. The van der Waals surface area contributed by atoms with E-state index in [4.69, 9.17) is 9.47 Å². The molecule has 1 atom stereocenters. The Morgan fingerprint density at radius 1 is 1.29 bits per heavy atom. The Kier molecular flexibility index (Phi) is 5.26. The van der Waals surface area contributed by atoms with Gasteiger partial charge in [0, 0.05) is 11.9 Å². The highest BCUT2D eigenvalue weighted by Gasteiger charge is 2.26. The topological polar surface area (TPSA) is 68.4 Å². The molecule has 0 amide bonds.